The van der Waals surface area contributed by atoms with E-state index >= 15 is 0 Å². The molecular formula is C43H81N3O9. The van der Waals surface area contributed by atoms with Crippen LogP contribution in [-0.2, 0) is 24.0 Å². The first-order chi connectivity index (χ1) is 23.8. The van der Waals surface area contributed by atoms with E-state index in [0.717, 1.165) is 0 Å². The van der Waals surface area contributed by atoms with Gasteiger partial charge in [0, 0.05) is 59.3 Å². The van der Waals surface area contributed by atoms with Gasteiger partial charge in [-0.1, -0.05) is 0 Å². The zero-order valence-electron chi connectivity index (χ0n) is 38.6. The lowest BCUT2D eigenvalue weighted by Gasteiger charge is -2.60. The van der Waals surface area contributed by atoms with Gasteiger partial charge in [-0.25, -0.2) is 0 Å². The van der Waals surface area contributed by atoms with Gasteiger partial charge < -0.3 is 20.4 Å². The largest absolute Gasteiger partial charge is 0.481 e. The molecule has 0 aliphatic rings. The number of aliphatic carboxylic acids is 4. The van der Waals surface area contributed by atoms with E-state index in [0.29, 0.717) is 13.0 Å². The maximum atomic E-state index is 12.9. The Hall–Kier alpha value is -2.57. The fraction of sp³-hybridized carbons (Fsp3) is 0.884. The molecule has 0 saturated carbocycles. The van der Waals surface area contributed by atoms with Crippen LogP contribution in [0.3, 0.4) is 0 Å². The number of carbonyl (C=O) groups is 5. The van der Waals surface area contributed by atoms with E-state index in [2.05, 4.69) is 42.4 Å². The maximum Gasteiger partial charge on any atom is 0.310 e. The molecule has 0 radical (unpaired) electrons. The molecule has 0 heterocycles. The Bertz CT molecular complexity index is 1420. The molecule has 0 aliphatic heterocycles. The van der Waals surface area contributed by atoms with Crippen LogP contribution in [0.15, 0.2) is 0 Å². The molecule has 0 aliphatic carbocycles. The molecule has 0 bridgehead atoms. The van der Waals surface area contributed by atoms with Crippen LogP contribution in [0.4, 0.5) is 0 Å². The van der Waals surface area contributed by atoms with Crippen molar-refractivity contribution in [3.8, 4) is 0 Å². The van der Waals surface area contributed by atoms with Crippen molar-refractivity contribution in [3.63, 3.8) is 0 Å². The van der Waals surface area contributed by atoms with Gasteiger partial charge >= 0.3 is 23.9 Å². The number of carboxylic acid groups (broad SMARTS) is 4. The number of carbonyl (C=O) groups excluding carboxylic acids is 1. The predicted molar refractivity (Wildman–Crippen MR) is 219 cm³/mol. The molecule has 0 unspecified atom stereocenters. The number of hydrogen-bond acceptors (Lipinski definition) is 8. The Labute approximate surface area is 333 Å². The fourth-order valence-corrected chi connectivity index (χ4v) is 9.60. The first-order valence-corrected chi connectivity index (χ1v) is 19.6. The van der Waals surface area contributed by atoms with Gasteiger partial charge in [-0.05, 0) is 165 Å². The molecule has 55 heavy (non-hydrogen) atoms. The summed E-state index contributed by atoms with van der Waals surface area (Å²) in [5.74, 6) is -3.84. The zero-order chi connectivity index (χ0) is 44.6. The molecule has 0 saturated heterocycles. The third-order valence-electron chi connectivity index (χ3n) is 11.6. The van der Waals surface area contributed by atoms with Crippen LogP contribution < -0.4 is 0 Å². The van der Waals surface area contributed by atoms with E-state index in [9.17, 15) is 44.4 Å². The number of carboxylic acids is 4. The second-order valence-electron chi connectivity index (χ2n) is 22.8. The van der Waals surface area contributed by atoms with E-state index in [1.807, 2.05) is 55.4 Å². The Morgan fingerprint density at radius 1 is 0.345 bits per heavy atom. The van der Waals surface area contributed by atoms with Gasteiger partial charge in [0.2, 0.25) is 0 Å². The lowest BCUT2D eigenvalue weighted by molar-refractivity contribution is -0.158. The summed E-state index contributed by atoms with van der Waals surface area (Å²) in [6, 6.07) is 0. The second-order valence-corrected chi connectivity index (χ2v) is 22.8. The van der Waals surface area contributed by atoms with Crippen molar-refractivity contribution in [2.75, 3.05) is 19.6 Å². The number of rotatable bonds is 24. The van der Waals surface area contributed by atoms with Crippen molar-refractivity contribution in [2.45, 2.75) is 204 Å². The topological polar surface area (TPSA) is 176 Å². The van der Waals surface area contributed by atoms with Crippen LogP contribution in [0.5, 0.6) is 0 Å². The van der Waals surface area contributed by atoms with E-state index in [1.54, 1.807) is 62.3 Å². The highest BCUT2D eigenvalue weighted by Crippen LogP contribution is 2.45. The van der Waals surface area contributed by atoms with E-state index in [-0.39, 0.29) is 38.1 Å². The Kier molecular flexibility index (Phi) is 15.9. The average molecular weight is 784 g/mol. The minimum atomic E-state index is -1.19. The van der Waals surface area contributed by atoms with Gasteiger partial charge in [0.25, 0.3) is 0 Å². The molecule has 0 aromatic rings. The summed E-state index contributed by atoms with van der Waals surface area (Å²) in [7, 11) is 0. The Balaban J connectivity index is 7.77. The third-order valence-corrected chi connectivity index (χ3v) is 11.6. The van der Waals surface area contributed by atoms with Gasteiger partial charge in [0.1, 0.15) is 5.78 Å². The summed E-state index contributed by atoms with van der Waals surface area (Å²) in [5, 5.41) is 40.8. The molecular weight excluding hydrogens is 702 g/mol. The molecule has 12 heteroatoms. The standard InChI is InChI=1S/C43H81N3O9/c1-29(47)22-38(10,11)46(28-43(20,21)45(27-37(8,9)33(54)55)40(14,15)24-35(4,5)31(50)51)42(18,19)25-41(16,17)44(26-36(6,7)32(52)53)39(12,13)23-34(2,3)30(48)49/h22-28H2,1-21H3,(H,48,49)(H,50,51)(H,52,53)(H,54,55). The maximum absolute atomic E-state index is 12.9. The van der Waals surface area contributed by atoms with Gasteiger partial charge in [-0.2, -0.15) is 0 Å². The minimum Gasteiger partial charge on any atom is -0.481 e. The van der Waals surface area contributed by atoms with Gasteiger partial charge in [0.05, 0.1) is 21.7 Å². The Morgan fingerprint density at radius 2 is 0.582 bits per heavy atom. The fourth-order valence-electron chi connectivity index (χ4n) is 9.60. The molecule has 0 amide bonds. The summed E-state index contributed by atoms with van der Waals surface area (Å²) in [6.07, 6.45) is 1.17. The van der Waals surface area contributed by atoms with Crippen LogP contribution in [0, 0.1) is 21.7 Å². The normalized spacial score (nSPS) is 14.8. The molecule has 0 aromatic carbocycles. The average Bonchev–Trinajstić information content (AvgIpc) is 2.90. The van der Waals surface area contributed by atoms with Crippen molar-refractivity contribution in [2.24, 2.45) is 21.7 Å². The summed E-state index contributed by atoms with van der Waals surface area (Å²) >= 11 is 0. The van der Waals surface area contributed by atoms with Gasteiger partial charge in [-0.3, -0.25) is 38.7 Å². The van der Waals surface area contributed by atoms with Gasteiger partial charge in [-0.15, -0.1) is 0 Å². The summed E-state index contributed by atoms with van der Waals surface area (Å²) < 4.78 is 0. The number of nitrogens with zero attached hydrogens (tertiary/aromatic N) is 3. The van der Waals surface area contributed by atoms with Gasteiger partial charge in [0.15, 0.2) is 0 Å². The van der Waals surface area contributed by atoms with E-state index in [4.69, 9.17) is 0 Å². The third kappa shape index (κ3) is 13.8. The first-order valence-electron chi connectivity index (χ1n) is 19.6. The van der Waals surface area contributed by atoms with Crippen LogP contribution in [0.25, 0.3) is 0 Å². The van der Waals surface area contributed by atoms with Crippen molar-refractivity contribution in [3.05, 3.63) is 0 Å². The summed E-state index contributed by atoms with van der Waals surface area (Å²) in [5.41, 5.74) is -9.05. The van der Waals surface area contributed by atoms with Crippen molar-refractivity contribution < 1.29 is 44.4 Å². The summed E-state index contributed by atoms with van der Waals surface area (Å²) in [4.78, 5) is 69.4. The monoisotopic (exact) mass is 784 g/mol. The molecule has 0 spiro atoms. The molecule has 0 rings (SSSR count). The molecule has 322 valence electrons. The Morgan fingerprint density at radius 3 is 0.836 bits per heavy atom. The van der Waals surface area contributed by atoms with Crippen LogP contribution in [0.1, 0.15) is 171 Å². The zero-order valence-corrected chi connectivity index (χ0v) is 38.6. The quantitative estimate of drug-likeness (QED) is 0.0740. The number of ketones is 1. The van der Waals surface area contributed by atoms with Crippen molar-refractivity contribution >= 4 is 29.7 Å². The molecule has 12 nitrogen and oxygen atoms in total. The summed E-state index contributed by atoms with van der Waals surface area (Å²) in [6.45, 7) is 39.9. The lowest BCUT2D eigenvalue weighted by atomic mass is 9.73. The smallest absolute Gasteiger partial charge is 0.310 e. The highest BCUT2D eigenvalue weighted by atomic mass is 16.4. The highest BCUT2D eigenvalue weighted by Gasteiger charge is 2.53. The molecule has 0 aromatic heterocycles. The molecule has 4 N–H and O–H groups in total. The van der Waals surface area contributed by atoms with E-state index < -0.39 is 78.8 Å². The van der Waals surface area contributed by atoms with Crippen molar-refractivity contribution in [1.82, 2.24) is 14.7 Å². The van der Waals surface area contributed by atoms with E-state index in [1.165, 1.54) is 0 Å². The molecule has 0 fully saturated rings. The predicted octanol–water partition coefficient (Wildman–Crippen LogP) is 8.16. The number of hydrogen-bond donors (Lipinski definition) is 4. The van der Waals surface area contributed by atoms with Crippen LogP contribution in [-0.4, -0.2) is 118 Å². The van der Waals surface area contributed by atoms with Crippen molar-refractivity contribution in [1.29, 1.82) is 0 Å². The number of Topliss-reactive ketones (excluding diaryl/α,β-unsaturated/α-hetero) is 1. The molecule has 0 atom stereocenters. The SMILES string of the molecule is CC(=O)CC(C)(C)N(CC(C)(C)N(CC(C)(C)C(=O)O)C(C)(C)CC(C)(C)C(=O)O)C(C)(C)CC(C)(C)N(CC(C)(C)C(=O)O)C(C)(C)CC(C)(C)C(=O)O. The minimum absolute atomic E-state index is 0.00265. The lowest BCUT2D eigenvalue weighted by Crippen LogP contribution is -2.69. The van der Waals surface area contributed by atoms with Crippen LogP contribution in [0.2, 0.25) is 0 Å². The second kappa shape index (κ2) is 16.7. The van der Waals surface area contributed by atoms with Crippen LogP contribution >= 0.6 is 0 Å². The highest BCUT2D eigenvalue weighted by molar-refractivity contribution is 5.77. The first kappa shape index (κ1) is 52.4.